The predicted octanol–water partition coefficient (Wildman–Crippen LogP) is 6.98. The molecule has 1 aliphatic rings. The van der Waals surface area contributed by atoms with Crippen LogP contribution < -0.4 is 0 Å². The van der Waals surface area contributed by atoms with Gasteiger partial charge in [0.05, 0.1) is 0 Å². The molecule has 114 valence electrons. The standard InChI is InChI=1S/C19H38/c1-6-7-12-15-18(2,3)16-19(4,5)17-13-10-8-9-11-14-17/h17H,6-16H2,1-5H3. The second-order valence-electron chi connectivity index (χ2n) is 8.48. The van der Waals surface area contributed by atoms with E-state index in [0.717, 1.165) is 5.92 Å². The van der Waals surface area contributed by atoms with Gasteiger partial charge in [0.15, 0.2) is 0 Å². The molecule has 0 aliphatic heterocycles. The molecule has 0 bridgehead atoms. The highest BCUT2D eigenvalue weighted by Crippen LogP contribution is 2.46. The van der Waals surface area contributed by atoms with Crippen molar-refractivity contribution in [2.45, 2.75) is 105 Å². The van der Waals surface area contributed by atoms with Gasteiger partial charge in [0.25, 0.3) is 0 Å². The van der Waals surface area contributed by atoms with Gasteiger partial charge < -0.3 is 0 Å². The number of hydrogen-bond donors (Lipinski definition) is 0. The molecule has 0 saturated heterocycles. The molecule has 1 rings (SSSR count). The van der Waals surface area contributed by atoms with E-state index in [9.17, 15) is 0 Å². The smallest absolute Gasteiger partial charge is 0.0321 e. The number of unbranched alkanes of at least 4 members (excludes halogenated alkanes) is 2. The maximum atomic E-state index is 2.55. The average molecular weight is 267 g/mol. The van der Waals surface area contributed by atoms with Gasteiger partial charge in [0.2, 0.25) is 0 Å². The largest absolute Gasteiger partial charge is 0.0654 e. The predicted molar refractivity (Wildman–Crippen MR) is 87.5 cm³/mol. The van der Waals surface area contributed by atoms with E-state index in [1.54, 1.807) is 0 Å². The second kappa shape index (κ2) is 7.70. The van der Waals surface area contributed by atoms with E-state index in [2.05, 4.69) is 34.6 Å². The summed E-state index contributed by atoms with van der Waals surface area (Å²) in [5, 5.41) is 0. The summed E-state index contributed by atoms with van der Waals surface area (Å²) in [5.74, 6) is 0.973. The highest BCUT2D eigenvalue weighted by Gasteiger charge is 2.34. The number of rotatable bonds is 7. The Morgan fingerprint density at radius 2 is 1.42 bits per heavy atom. The van der Waals surface area contributed by atoms with Gasteiger partial charge in [-0.15, -0.1) is 0 Å². The van der Waals surface area contributed by atoms with E-state index in [4.69, 9.17) is 0 Å². The minimum Gasteiger partial charge on any atom is -0.0654 e. The third kappa shape index (κ3) is 6.32. The van der Waals surface area contributed by atoms with Gasteiger partial charge in [-0.2, -0.15) is 0 Å². The Balaban J connectivity index is 2.50. The Morgan fingerprint density at radius 1 is 0.842 bits per heavy atom. The molecule has 0 nitrogen and oxygen atoms in total. The van der Waals surface area contributed by atoms with Crippen molar-refractivity contribution in [2.75, 3.05) is 0 Å². The van der Waals surface area contributed by atoms with Crippen molar-refractivity contribution < 1.29 is 0 Å². The fourth-order valence-electron chi connectivity index (χ4n) is 4.38. The van der Waals surface area contributed by atoms with Crippen molar-refractivity contribution in [1.29, 1.82) is 0 Å². The van der Waals surface area contributed by atoms with Crippen LogP contribution in [0.25, 0.3) is 0 Å². The minimum absolute atomic E-state index is 0.533. The SMILES string of the molecule is CCCCCC(C)(C)CC(C)(C)C1CCCCCC1. The molecule has 0 spiro atoms. The van der Waals surface area contributed by atoms with Crippen molar-refractivity contribution in [1.82, 2.24) is 0 Å². The Bertz CT molecular complexity index is 228. The monoisotopic (exact) mass is 266 g/mol. The molecule has 0 aromatic carbocycles. The highest BCUT2D eigenvalue weighted by atomic mass is 14.4. The molecule has 0 aromatic rings. The Kier molecular flexibility index (Phi) is 6.91. The zero-order valence-electron chi connectivity index (χ0n) is 14.4. The van der Waals surface area contributed by atoms with Gasteiger partial charge in [-0.25, -0.2) is 0 Å². The zero-order chi connectivity index (χ0) is 14.4. The van der Waals surface area contributed by atoms with Gasteiger partial charge in [-0.1, -0.05) is 79.6 Å². The van der Waals surface area contributed by atoms with Crippen LogP contribution in [0.2, 0.25) is 0 Å². The molecule has 1 saturated carbocycles. The van der Waals surface area contributed by atoms with Crippen molar-refractivity contribution in [3.8, 4) is 0 Å². The van der Waals surface area contributed by atoms with Crippen LogP contribution >= 0.6 is 0 Å². The fraction of sp³-hybridized carbons (Fsp3) is 1.00. The first-order valence-corrected chi connectivity index (χ1v) is 8.87. The maximum absolute atomic E-state index is 2.55. The van der Waals surface area contributed by atoms with E-state index < -0.39 is 0 Å². The summed E-state index contributed by atoms with van der Waals surface area (Å²) in [6.45, 7) is 12.4. The van der Waals surface area contributed by atoms with Gasteiger partial charge in [0.1, 0.15) is 0 Å². The van der Waals surface area contributed by atoms with E-state index in [1.807, 2.05) is 0 Å². The molecule has 1 fully saturated rings. The van der Waals surface area contributed by atoms with E-state index in [1.165, 1.54) is 70.6 Å². The van der Waals surface area contributed by atoms with Crippen molar-refractivity contribution in [2.24, 2.45) is 16.7 Å². The lowest BCUT2D eigenvalue weighted by atomic mass is 9.65. The molecular formula is C19H38. The third-order valence-corrected chi connectivity index (χ3v) is 5.35. The summed E-state index contributed by atoms with van der Waals surface area (Å²) < 4.78 is 0. The van der Waals surface area contributed by atoms with Crippen LogP contribution in [0.15, 0.2) is 0 Å². The van der Waals surface area contributed by atoms with E-state index in [-0.39, 0.29) is 0 Å². The molecule has 0 N–H and O–H groups in total. The first kappa shape index (κ1) is 17.1. The van der Waals surface area contributed by atoms with Crippen molar-refractivity contribution in [3.63, 3.8) is 0 Å². The highest BCUT2D eigenvalue weighted by molar-refractivity contribution is 4.85. The van der Waals surface area contributed by atoms with Gasteiger partial charge in [0, 0.05) is 0 Å². The molecule has 0 aromatic heterocycles. The molecular weight excluding hydrogens is 228 g/mol. The Hall–Kier alpha value is 0. The molecule has 0 unspecified atom stereocenters. The van der Waals surface area contributed by atoms with Crippen LogP contribution in [0.4, 0.5) is 0 Å². The van der Waals surface area contributed by atoms with Gasteiger partial charge in [-0.05, 0) is 42.4 Å². The molecule has 0 heteroatoms. The first-order chi connectivity index (χ1) is 8.87. The zero-order valence-corrected chi connectivity index (χ0v) is 14.4. The second-order valence-corrected chi connectivity index (χ2v) is 8.48. The van der Waals surface area contributed by atoms with Crippen LogP contribution in [0.5, 0.6) is 0 Å². The van der Waals surface area contributed by atoms with Gasteiger partial charge >= 0.3 is 0 Å². The van der Waals surface area contributed by atoms with Crippen molar-refractivity contribution >= 4 is 0 Å². The van der Waals surface area contributed by atoms with Crippen LogP contribution in [-0.2, 0) is 0 Å². The minimum atomic E-state index is 0.533. The first-order valence-electron chi connectivity index (χ1n) is 8.87. The van der Waals surface area contributed by atoms with Gasteiger partial charge in [-0.3, -0.25) is 0 Å². The summed E-state index contributed by atoms with van der Waals surface area (Å²) >= 11 is 0. The third-order valence-electron chi connectivity index (χ3n) is 5.35. The maximum Gasteiger partial charge on any atom is -0.0321 e. The summed E-state index contributed by atoms with van der Waals surface area (Å²) in [4.78, 5) is 0. The van der Waals surface area contributed by atoms with E-state index in [0.29, 0.717) is 10.8 Å². The topological polar surface area (TPSA) is 0 Å². The summed E-state index contributed by atoms with van der Waals surface area (Å²) in [5.41, 5.74) is 1.07. The normalized spacial score (nSPS) is 19.4. The summed E-state index contributed by atoms with van der Waals surface area (Å²) in [6.07, 6.45) is 15.9. The van der Waals surface area contributed by atoms with Crippen LogP contribution in [-0.4, -0.2) is 0 Å². The summed E-state index contributed by atoms with van der Waals surface area (Å²) in [7, 11) is 0. The van der Waals surface area contributed by atoms with Crippen LogP contribution in [0.1, 0.15) is 105 Å². The quantitative estimate of drug-likeness (QED) is 0.344. The van der Waals surface area contributed by atoms with E-state index >= 15 is 0 Å². The molecule has 0 radical (unpaired) electrons. The molecule has 0 atom stereocenters. The number of hydrogen-bond acceptors (Lipinski definition) is 0. The lowest BCUT2D eigenvalue weighted by molar-refractivity contribution is 0.101. The van der Waals surface area contributed by atoms with Crippen LogP contribution in [0.3, 0.4) is 0 Å². The molecule has 19 heavy (non-hydrogen) atoms. The van der Waals surface area contributed by atoms with Crippen LogP contribution in [0, 0.1) is 16.7 Å². The lowest BCUT2D eigenvalue weighted by Crippen LogP contribution is -2.30. The molecule has 1 aliphatic carbocycles. The Labute approximate surface area is 122 Å². The average Bonchev–Trinajstić information content (AvgIpc) is 2.56. The van der Waals surface area contributed by atoms with Crippen molar-refractivity contribution in [3.05, 3.63) is 0 Å². The lowest BCUT2D eigenvalue weighted by Gasteiger charge is -2.40. The fourth-order valence-corrected chi connectivity index (χ4v) is 4.38. The Morgan fingerprint density at radius 3 is 1.95 bits per heavy atom. The molecule has 0 amide bonds. The summed E-state index contributed by atoms with van der Waals surface area (Å²) in [6, 6.07) is 0. The molecule has 0 heterocycles.